The number of allylic oxidation sites excluding steroid dienone is 8. The van der Waals surface area contributed by atoms with Gasteiger partial charge in [-0.2, -0.15) is 0 Å². The first kappa shape index (κ1) is 39.7. The van der Waals surface area contributed by atoms with Crippen LogP contribution in [-0.4, -0.2) is 4.57 Å². The van der Waals surface area contributed by atoms with Crippen molar-refractivity contribution in [1.29, 1.82) is 0 Å². The Labute approximate surface area is 386 Å². The monoisotopic (exact) mass is 850 g/mol. The van der Waals surface area contributed by atoms with Gasteiger partial charge in [-0.25, -0.2) is 0 Å². The van der Waals surface area contributed by atoms with Crippen molar-refractivity contribution in [3.8, 4) is 27.9 Å². The highest BCUT2D eigenvalue weighted by Crippen LogP contribution is 2.53. The number of nitrogens with zero attached hydrogens (tertiary/aromatic N) is 2. The molecule has 0 spiro atoms. The summed E-state index contributed by atoms with van der Waals surface area (Å²) in [5.74, 6) is 0. The summed E-state index contributed by atoms with van der Waals surface area (Å²) in [6.07, 6.45) is 13.0. The van der Waals surface area contributed by atoms with Crippen molar-refractivity contribution in [3.63, 3.8) is 0 Å². The number of benzene rings is 8. The molecule has 0 aliphatic heterocycles. The molecule has 66 heavy (non-hydrogen) atoms. The highest BCUT2D eigenvalue weighted by Gasteiger charge is 2.38. The van der Waals surface area contributed by atoms with Crippen LogP contribution in [0.25, 0.3) is 82.8 Å². The van der Waals surface area contributed by atoms with Gasteiger partial charge in [0.05, 0.1) is 11.0 Å². The standard InChI is InChI=1S/C63H50N2O/c1-5-6-15-41(2)50-20-14-21-54-51-37-36-49(38-57(51)63(3,4)62(50)54)64(46-30-24-43(25-31-46)42-16-8-7-9-17-42)47-32-26-44(27-33-47)45-28-34-48(35-29-45)65-58-22-12-10-18-52(58)55-40-61-56(39-59(55)65)53-19-11-13-23-60(53)66-61/h5-26,28-32,34-40H,27,33H2,1-4H3. The maximum atomic E-state index is 6.33. The summed E-state index contributed by atoms with van der Waals surface area (Å²) in [7, 11) is 0. The molecule has 0 bridgehead atoms. The molecule has 0 amide bonds. The lowest BCUT2D eigenvalue weighted by Gasteiger charge is -2.31. The Morgan fingerprint density at radius 3 is 2.09 bits per heavy atom. The molecule has 0 unspecified atom stereocenters. The van der Waals surface area contributed by atoms with E-state index in [0.717, 1.165) is 46.2 Å². The number of rotatable bonds is 8. The number of hydrogen-bond donors (Lipinski definition) is 0. The second-order valence-electron chi connectivity index (χ2n) is 18.4. The first-order valence-electron chi connectivity index (χ1n) is 23.2. The van der Waals surface area contributed by atoms with Crippen molar-refractivity contribution in [2.24, 2.45) is 0 Å². The second kappa shape index (κ2) is 15.7. The number of hydrogen-bond acceptors (Lipinski definition) is 2. The molecule has 0 atom stereocenters. The SMILES string of the molecule is CC=CC=C(C)c1cccc2c1C(C)(C)c1cc(N(C3=CC=C(c4ccc(-n5c6ccccc6c6cc7oc8ccccc8c7cc65)cc4)CC3)c3ccc(-c4ccccc4)cc3)ccc1-2. The summed E-state index contributed by atoms with van der Waals surface area (Å²) in [4.78, 5) is 2.49. The lowest BCUT2D eigenvalue weighted by atomic mass is 9.78. The fraction of sp³-hybridized carbons (Fsp3) is 0.111. The Bertz CT molecular complexity index is 3660. The molecule has 0 saturated heterocycles. The molecule has 2 aliphatic carbocycles. The Morgan fingerprint density at radius 2 is 1.30 bits per heavy atom. The van der Waals surface area contributed by atoms with E-state index in [1.807, 2.05) is 6.07 Å². The van der Waals surface area contributed by atoms with Gasteiger partial charge in [-0.3, -0.25) is 0 Å². The van der Waals surface area contributed by atoms with Gasteiger partial charge in [0.1, 0.15) is 11.2 Å². The fourth-order valence-corrected chi connectivity index (χ4v) is 10.9. The van der Waals surface area contributed by atoms with Crippen molar-refractivity contribution in [2.75, 3.05) is 4.90 Å². The van der Waals surface area contributed by atoms with Gasteiger partial charge in [-0.15, -0.1) is 0 Å². The third kappa shape index (κ3) is 6.41. The Morgan fingerprint density at radius 1 is 0.576 bits per heavy atom. The lowest BCUT2D eigenvalue weighted by Crippen LogP contribution is -2.20. The Kier molecular flexibility index (Phi) is 9.43. The summed E-state index contributed by atoms with van der Waals surface area (Å²) in [5.41, 5.74) is 21.9. The molecular formula is C63H50N2O. The van der Waals surface area contributed by atoms with E-state index in [-0.39, 0.29) is 5.41 Å². The molecule has 3 heteroatoms. The molecule has 0 saturated carbocycles. The Balaban J connectivity index is 0.917. The minimum absolute atomic E-state index is 0.176. The van der Waals surface area contributed by atoms with E-state index in [9.17, 15) is 0 Å². The van der Waals surface area contributed by atoms with Gasteiger partial charge < -0.3 is 13.9 Å². The van der Waals surface area contributed by atoms with E-state index in [0.29, 0.717) is 0 Å². The van der Waals surface area contributed by atoms with E-state index in [1.165, 1.54) is 88.8 Å². The zero-order valence-corrected chi connectivity index (χ0v) is 37.8. The smallest absolute Gasteiger partial charge is 0.136 e. The second-order valence-corrected chi connectivity index (χ2v) is 18.4. The van der Waals surface area contributed by atoms with Gasteiger partial charge >= 0.3 is 0 Å². The molecule has 3 nitrogen and oxygen atoms in total. The number of para-hydroxylation sites is 2. The summed E-state index contributed by atoms with van der Waals surface area (Å²) in [6.45, 7) is 9.10. The molecule has 2 heterocycles. The molecule has 2 aromatic heterocycles. The number of aromatic nitrogens is 1. The summed E-state index contributed by atoms with van der Waals surface area (Å²) >= 11 is 0. The normalized spacial score (nSPS) is 14.6. The largest absolute Gasteiger partial charge is 0.456 e. The molecule has 12 rings (SSSR count). The van der Waals surface area contributed by atoms with Crippen LogP contribution < -0.4 is 4.90 Å². The van der Waals surface area contributed by atoms with E-state index in [2.05, 4.69) is 237 Å². The number of anilines is 2. The van der Waals surface area contributed by atoms with Crippen LogP contribution in [0.1, 0.15) is 62.8 Å². The van der Waals surface area contributed by atoms with Crippen LogP contribution in [0, 0.1) is 0 Å². The maximum Gasteiger partial charge on any atom is 0.136 e. The first-order valence-corrected chi connectivity index (χ1v) is 23.2. The van der Waals surface area contributed by atoms with Crippen molar-refractivity contribution in [1.82, 2.24) is 4.57 Å². The zero-order chi connectivity index (χ0) is 44.5. The van der Waals surface area contributed by atoms with Gasteiger partial charge in [0, 0.05) is 49.7 Å². The zero-order valence-electron chi connectivity index (χ0n) is 37.8. The van der Waals surface area contributed by atoms with Gasteiger partial charge in [0.15, 0.2) is 0 Å². The van der Waals surface area contributed by atoms with Crippen molar-refractivity contribution < 1.29 is 4.42 Å². The average molecular weight is 851 g/mol. The van der Waals surface area contributed by atoms with Crippen LogP contribution in [0.5, 0.6) is 0 Å². The molecule has 0 N–H and O–H groups in total. The molecule has 0 fully saturated rings. The number of fused-ring (bicyclic) bond motifs is 9. The van der Waals surface area contributed by atoms with Crippen LogP contribution in [0.3, 0.4) is 0 Å². The van der Waals surface area contributed by atoms with Crippen LogP contribution >= 0.6 is 0 Å². The van der Waals surface area contributed by atoms with E-state index in [4.69, 9.17) is 4.42 Å². The first-order chi connectivity index (χ1) is 32.4. The van der Waals surface area contributed by atoms with Gasteiger partial charge in [0.2, 0.25) is 0 Å². The van der Waals surface area contributed by atoms with Crippen molar-refractivity contribution in [2.45, 2.75) is 46.0 Å². The van der Waals surface area contributed by atoms with E-state index >= 15 is 0 Å². The predicted octanol–water partition coefficient (Wildman–Crippen LogP) is 17.5. The molecule has 0 radical (unpaired) electrons. The average Bonchev–Trinajstić information content (AvgIpc) is 3.97. The van der Waals surface area contributed by atoms with Gasteiger partial charge in [0.25, 0.3) is 0 Å². The summed E-state index contributed by atoms with van der Waals surface area (Å²) in [6, 6.07) is 64.5. The van der Waals surface area contributed by atoms with Crippen LogP contribution in [0.15, 0.2) is 216 Å². The fourth-order valence-electron chi connectivity index (χ4n) is 10.9. The summed E-state index contributed by atoms with van der Waals surface area (Å²) < 4.78 is 8.74. The van der Waals surface area contributed by atoms with Crippen molar-refractivity contribution >= 4 is 66.3 Å². The van der Waals surface area contributed by atoms with Gasteiger partial charge in [-0.05, 0) is 149 Å². The lowest BCUT2D eigenvalue weighted by molar-refractivity contribution is 0.658. The van der Waals surface area contributed by atoms with E-state index < -0.39 is 0 Å². The Hall–Kier alpha value is -7.88. The van der Waals surface area contributed by atoms with E-state index in [1.54, 1.807) is 0 Å². The molecule has 318 valence electrons. The summed E-state index contributed by atoms with van der Waals surface area (Å²) in [5, 5.41) is 4.70. The molecule has 8 aromatic carbocycles. The van der Waals surface area contributed by atoms with Crippen molar-refractivity contribution in [3.05, 3.63) is 234 Å². The van der Waals surface area contributed by atoms with Crippen LogP contribution in [0.2, 0.25) is 0 Å². The van der Waals surface area contributed by atoms with Gasteiger partial charge in [-0.1, -0.05) is 153 Å². The highest BCUT2D eigenvalue weighted by molar-refractivity contribution is 6.17. The minimum Gasteiger partial charge on any atom is -0.456 e. The molecule has 2 aliphatic rings. The third-order valence-corrected chi connectivity index (χ3v) is 14.2. The quantitative estimate of drug-likeness (QED) is 0.142. The topological polar surface area (TPSA) is 21.3 Å². The predicted molar refractivity (Wildman–Crippen MR) is 280 cm³/mol. The van der Waals surface area contributed by atoms with Crippen LogP contribution in [0.4, 0.5) is 11.4 Å². The highest BCUT2D eigenvalue weighted by atomic mass is 16.3. The number of furan rings is 1. The molecular weight excluding hydrogens is 801 g/mol. The minimum atomic E-state index is -0.176. The molecule has 10 aromatic rings. The maximum absolute atomic E-state index is 6.33. The van der Waals surface area contributed by atoms with Crippen LogP contribution in [-0.2, 0) is 5.41 Å². The third-order valence-electron chi connectivity index (χ3n) is 14.2.